The van der Waals surface area contributed by atoms with E-state index in [9.17, 15) is 49.1 Å². The van der Waals surface area contributed by atoms with Crippen molar-refractivity contribution in [2.24, 2.45) is 0 Å². The number of halogens is 6. The molecule has 2 fully saturated rings. The SMILES string of the molecule is CC1(C)[C@H](C(=O)OCc2cc(C(F)(F)F)cc(C(F)(F)F)c2)N2C(=O)[C@@H](NC(=O)COc3ccccc3)[C@H]2S1(=O)=O. The molecule has 3 atom stereocenters. The van der Waals surface area contributed by atoms with E-state index in [4.69, 9.17) is 9.47 Å². The van der Waals surface area contributed by atoms with Crippen molar-refractivity contribution < 1.29 is 58.6 Å². The number of β-lactam (4-membered cyclic amide) rings is 1. The minimum Gasteiger partial charge on any atom is -0.484 e. The van der Waals surface area contributed by atoms with E-state index >= 15 is 0 Å². The highest BCUT2D eigenvalue weighted by Gasteiger charge is 2.72. The second kappa shape index (κ2) is 10.2. The number of benzene rings is 2. The van der Waals surface area contributed by atoms with Gasteiger partial charge in [0.25, 0.3) is 5.91 Å². The Bertz CT molecular complexity index is 1440. The van der Waals surface area contributed by atoms with Gasteiger partial charge in [0.2, 0.25) is 5.91 Å². The Morgan fingerprint density at radius 1 is 0.976 bits per heavy atom. The summed E-state index contributed by atoms with van der Waals surface area (Å²) in [5, 5.41) is 0.601. The fourth-order valence-electron chi connectivity index (χ4n) is 4.64. The third-order valence-electron chi connectivity index (χ3n) is 6.75. The number of sulfone groups is 1. The van der Waals surface area contributed by atoms with E-state index in [1.165, 1.54) is 0 Å². The molecule has 0 spiro atoms. The second-order valence-electron chi connectivity index (χ2n) is 9.86. The van der Waals surface area contributed by atoms with Crippen LogP contribution in [0.5, 0.6) is 5.75 Å². The number of hydrogen-bond donors (Lipinski definition) is 1. The largest absolute Gasteiger partial charge is 0.484 e. The third kappa shape index (κ3) is 5.56. The van der Waals surface area contributed by atoms with E-state index < -0.39 is 92.1 Å². The van der Waals surface area contributed by atoms with E-state index in [0.29, 0.717) is 22.8 Å². The molecule has 9 nitrogen and oxygen atoms in total. The quantitative estimate of drug-likeness (QED) is 0.292. The number of carbonyl (C=O) groups excluding carboxylic acids is 3. The Morgan fingerprint density at radius 2 is 1.54 bits per heavy atom. The van der Waals surface area contributed by atoms with Crippen molar-refractivity contribution in [3.63, 3.8) is 0 Å². The molecular formula is C25H22F6N2O7S. The van der Waals surface area contributed by atoms with Crippen molar-refractivity contribution >= 4 is 27.6 Å². The van der Waals surface area contributed by atoms with Gasteiger partial charge in [-0.1, -0.05) is 18.2 Å². The summed E-state index contributed by atoms with van der Waals surface area (Å²) in [7, 11) is -4.34. The Balaban J connectivity index is 1.49. The molecule has 1 N–H and O–H groups in total. The van der Waals surface area contributed by atoms with Crippen LogP contribution in [0.4, 0.5) is 26.3 Å². The first-order chi connectivity index (χ1) is 18.9. The Hall–Kier alpha value is -3.82. The fourth-order valence-corrected chi connectivity index (χ4v) is 6.85. The number of nitrogens with one attached hydrogen (secondary N) is 1. The molecule has 2 aliphatic heterocycles. The van der Waals surface area contributed by atoms with Crippen LogP contribution >= 0.6 is 0 Å². The van der Waals surface area contributed by atoms with Crippen LogP contribution in [0, 0.1) is 0 Å². The van der Waals surface area contributed by atoms with Crippen LogP contribution in [0.25, 0.3) is 0 Å². The summed E-state index contributed by atoms with van der Waals surface area (Å²) in [6, 6.07) is 5.42. The van der Waals surface area contributed by atoms with Crippen molar-refractivity contribution in [3.05, 3.63) is 65.2 Å². The highest BCUT2D eigenvalue weighted by molar-refractivity contribution is 7.94. The molecule has 16 heteroatoms. The molecule has 0 bridgehead atoms. The summed E-state index contributed by atoms with van der Waals surface area (Å²) >= 11 is 0. The summed E-state index contributed by atoms with van der Waals surface area (Å²) in [5.74, 6) is -2.80. The van der Waals surface area contributed by atoms with Gasteiger partial charge in [0.05, 0.1) is 11.1 Å². The van der Waals surface area contributed by atoms with Gasteiger partial charge in [-0.25, -0.2) is 13.2 Å². The number of rotatable bonds is 7. The van der Waals surface area contributed by atoms with E-state index in [2.05, 4.69) is 5.32 Å². The highest BCUT2D eigenvalue weighted by atomic mass is 32.2. The van der Waals surface area contributed by atoms with Crippen LogP contribution < -0.4 is 10.1 Å². The molecule has 2 aromatic carbocycles. The lowest BCUT2D eigenvalue weighted by atomic mass is 9.96. The summed E-state index contributed by atoms with van der Waals surface area (Å²) in [4.78, 5) is 38.9. The average Bonchev–Trinajstić information content (AvgIpc) is 3.03. The van der Waals surface area contributed by atoms with Gasteiger partial charge in [-0.2, -0.15) is 26.3 Å². The molecule has 2 saturated heterocycles. The predicted octanol–water partition coefficient (Wildman–Crippen LogP) is 3.08. The summed E-state index contributed by atoms with van der Waals surface area (Å²) in [5.41, 5.74) is -3.92. The van der Waals surface area contributed by atoms with Crippen molar-refractivity contribution in [1.29, 1.82) is 0 Å². The zero-order valence-corrected chi connectivity index (χ0v) is 22.1. The third-order valence-corrected chi connectivity index (χ3v) is 9.57. The number of ether oxygens (including phenoxy) is 2. The summed E-state index contributed by atoms with van der Waals surface area (Å²) < 4.78 is 114. The molecule has 2 heterocycles. The van der Waals surface area contributed by atoms with E-state index in [1.807, 2.05) is 0 Å². The first-order valence-electron chi connectivity index (χ1n) is 11.8. The maximum Gasteiger partial charge on any atom is 0.416 e. The lowest BCUT2D eigenvalue weighted by Gasteiger charge is -2.42. The molecule has 2 aliphatic rings. The van der Waals surface area contributed by atoms with Gasteiger partial charge in [0.15, 0.2) is 21.8 Å². The minimum atomic E-state index is -5.13. The van der Waals surface area contributed by atoms with Crippen LogP contribution in [0.15, 0.2) is 48.5 Å². The van der Waals surface area contributed by atoms with Crippen molar-refractivity contribution in [2.45, 2.75) is 55.0 Å². The smallest absolute Gasteiger partial charge is 0.416 e. The fraction of sp³-hybridized carbons (Fsp3) is 0.400. The van der Waals surface area contributed by atoms with E-state index in [1.54, 1.807) is 30.3 Å². The van der Waals surface area contributed by atoms with Gasteiger partial charge in [-0.3, -0.25) is 9.59 Å². The molecular weight excluding hydrogens is 586 g/mol. The van der Waals surface area contributed by atoms with Crippen molar-refractivity contribution in [1.82, 2.24) is 10.2 Å². The molecule has 0 unspecified atom stereocenters. The first kappa shape index (κ1) is 30.1. The molecule has 41 heavy (non-hydrogen) atoms. The van der Waals surface area contributed by atoms with Gasteiger partial charge in [-0.15, -0.1) is 0 Å². The number of para-hydroxylation sites is 1. The molecule has 2 amide bonds. The normalized spacial score (nSPS) is 22.9. The topological polar surface area (TPSA) is 119 Å². The van der Waals surface area contributed by atoms with Gasteiger partial charge in [0.1, 0.15) is 29.2 Å². The lowest BCUT2D eigenvalue weighted by Crippen LogP contribution is -2.72. The molecule has 4 rings (SSSR count). The average molecular weight is 609 g/mol. The summed E-state index contributed by atoms with van der Waals surface area (Å²) in [6.45, 7) is 0.612. The maximum absolute atomic E-state index is 13.3. The Morgan fingerprint density at radius 3 is 2.07 bits per heavy atom. The zero-order chi connectivity index (χ0) is 30.5. The van der Waals surface area contributed by atoms with Gasteiger partial charge < -0.3 is 19.7 Å². The van der Waals surface area contributed by atoms with Crippen molar-refractivity contribution in [3.8, 4) is 5.75 Å². The van der Waals surface area contributed by atoms with Gasteiger partial charge in [-0.05, 0) is 49.7 Å². The number of carbonyl (C=O) groups is 3. The molecule has 0 aromatic heterocycles. The van der Waals surface area contributed by atoms with Crippen LogP contribution in [-0.2, 0) is 47.9 Å². The predicted molar refractivity (Wildman–Crippen MR) is 128 cm³/mol. The number of nitrogens with zero attached hydrogens (tertiary/aromatic N) is 1. The zero-order valence-electron chi connectivity index (χ0n) is 21.2. The molecule has 0 aliphatic carbocycles. The molecule has 0 saturated carbocycles. The van der Waals surface area contributed by atoms with Crippen LogP contribution in [-0.4, -0.2) is 59.9 Å². The van der Waals surface area contributed by atoms with Crippen LogP contribution in [0.3, 0.4) is 0 Å². The van der Waals surface area contributed by atoms with Gasteiger partial charge >= 0.3 is 18.3 Å². The number of hydrogen-bond acceptors (Lipinski definition) is 7. The second-order valence-corrected chi connectivity index (χ2v) is 12.5. The monoisotopic (exact) mass is 608 g/mol. The Kier molecular flexibility index (Phi) is 7.52. The molecule has 2 aromatic rings. The highest BCUT2D eigenvalue weighted by Crippen LogP contribution is 2.46. The number of amides is 2. The maximum atomic E-state index is 13.3. The number of esters is 1. The van der Waals surface area contributed by atoms with Crippen LogP contribution in [0.2, 0.25) is 0 Å². The standard InChI is InChI=1S/C25H22F6N2O7S/c1-23(2)19(22(36)40-11-13-8-14(24(26,27)28)10-15(9-13)25(29,30)31)33-20(35)18(21(33)41(23,37)38)32-17(34)12-39-16-6-4-3-5-7-16/h3-10,18-19,21H,11-12H2,1-2H3,(H,32,34)/t18-,19+,21-/m1/s1. The first-order valence-corrected chi connectivity index (χ1v) is 13.4. The summed E-state index contributed by atoms with van der Waals surface area (Å²) in [6.07, 6.45) is -10.3. The van der Waals surface area contributed by atoms with Crippen molar-refractivity contribution in [2.75, 3.05) is 6.61 Å². The minimum absolute atomic E-state index is 0.0966. The number of alkyl halides is 6. The lowest BCUT2D eigenvalue weighted by molar-refractivity contribution is -0.165. The Labute approximate surface area is 229 Å². The molecule has 0 radical (unpaired) electrons. The van der Waals surface area contributed by atoms with E-state index in [0.717, 1.165) is 13.8 Å². The molecule has 222 valence electrons. The van der Waals surface area contributed by atoms with Crippen LogP contribution in [0.1, 0.15) is 30.5 Å². The number of fused-ring (bicyclic) bond motifs is 1. The van der Waals surface area contributed by atoms with Gasteiger partial charge in [0, 0.05) is 0 Å². The van der Waals surface area contributed by atoms with E-state index in [-0.39, 0.29) is 6.07 Å².